The molecule has 1 saturated heterocycles. The number of H-pyrrole nitrogens is 1. The third-order valence-electron chi connectivity index (χ3n) is 6.36. The predicted octanol–water partition coefficient (Wildman–Crippen LogP) is 3.10. The van der Waals surface area contributed by atoms with Crippen molar-refractivity contribution >= 4 is 11.9 Å². The van der Waals surface area contributed by atoms with Gasteiger partial charge in [-0.2, -0.15) is 5.21 Å². The number of ether oxygens (including phenoxy) is 1. The number of tetrazole rings is 1. The number of carbonyl (C=O) groups is 1. The maximum Gasteiger partial charge on any atom is 0.270 e. The second-order valence-corrected chi connectivity index (χ2v) is 8.91. The molecule has 0 bridgehead atoms. The van der Waals surface area contributed by atoms with E-state index in [1.54, 1.807) is 18.2 Å². The quantitative estimate of drug-likeness (QED) is 0.362. The lowest BCUT2D eigenvalue weighted by Crippen LogP contribution is -2.33. The zero-order valence-electron chi connectivity index (χ0n) is 20.6. The first kappa shape index (κ1) is 24.5. The zero-order valence-corrected chi connectivity index (χ0v) is 20.6. The fraction of sp³-hybridized carbons (Fsp3) is 0.296. The average molecular weight is 499 g/mol. The molecule has 0 aliphatic carbocycles. The van der Waals surface area contributed by atoms with E-state index in [1.165, 1.54) is 5.56 Å². The standard InChI is InChI=1S/C27H30N8O2/c36-26(29-27-30-32-33-31-27)22-9-4-11-24(19-22)37-18-17-34-13-6-14-35(16-15-34)20-23-10-5-12-28-25(23)21-7-2-1-3-8-21/h1-5,7-12,19H,6,13-18,20H2,(H2,29,30,31,32,33,36). The van der Waals surface area contributed by atoms with Crippen LogP contribution < -0.4 is 10.1 Å². The van der Waals surface area contributed by atoms with Crippen molar-refractivity contribution < 1.29 is 9.53 Å². The molecule has 2 aromatic heterocycles. The first-order valence-corrected chi connectivity index (χ1v) is 12.5. The van der Waals surface area contributed by atoms with E-state index in [2.05, 4.69) is 71.1 Å². The Bertz CT molecular complexity index is 1280. The second-order valence-electron chi connectivity index (χ2n) is 8.91. The molecule has 10 nitrogen and oxygen atoms in total. The summed E-state index contributed by atoms with van der Waals surface area (Å²) in [6, 6.07) is 21.7. The van der Waals surface area contributed by atoms with Crippen LogP contribution in [0.5, 0.6) is 5.75 Å². The van der Waals surface area contributed by atoms with Gasteiger partial charge < -0.3 is 4.74 Å². The molecule has 4 aromatic rings. The molecule has 10 heteroatoms. The fourth-order valence-corrected chi connectivity index (χ4v) is 4.48. The van der Waals surface area contributed by atoms with Crippen molar-refractivity contribution in [3.05, 3.63) is 84.1 Å². The molecule has 190 valence electrons. The highest BCUT2D eigenvalue weighted by Gasteiger charge is 2.17. The van der Waals surface area contributed by atoms with Crippen LogP contribution in [-0.2, 0) is 6.54 Å². The first-order valence-electron chi connectivity index (χ1n) is 12.5. The summed E-state index contributed by atoms with van der Waals surface area (Å²) in [6.07, 6.45) is 2.97. The van der Waals surface area contributed by atoms with E-state index in [0.29, 0.717) is 17.9 Å². The number of benzene rings is 2. The van der Waals surface area contributed by atoms with Crippen molar-refractivity contribution in [3.63, 3.8) is 0 Å². The van der Waals surface area contributed by atoms with Gasteiger partial charge in [0.1, 0.15) is 12.4 Å². The molecule has 0 spiro atoms. The van der Waals surface area contributed by atoms with E-state index >= 15 is 0 Å². The molecule has 0 saturated carbocycles. The van der Waals surface area contributed by atoms with Gasteiger partial charge in [-0.1, -0.05) is 47.6 Å². The molecule has 5 rings (SSSR count). The topological polar surface area (TPSA) is 112 Å². The summed E-state index contributed by atoms with van der Waals surface area (Å²) in [4.78, 5) is 22.0. The van der Waals surface area contributed by atoms with Crippen molar-refractivity contribution in [3.8, 4) is 17.0 Å². The van der Waals surface area contributed by atoms with Gasteiger partial charge >= 0.3 is 0 Å². The Morgan fingerprint density at radius 3 is 2.70 bits per heavy atom. The Hall–Kier alpha value is -4.15. The van der Waals surface area contributed by atoms with Crippen LogP contribution in [0.25, 0.3) is 11.3 Å². The molecule has 1 aliphatic heterocycles. The Morgan fingerprint density at radius 2 is 1.84 bits per heavy atom. The van der Waals surface area contributed by atoms with E-state index in [9.17, 15) is 4.79 Å². The number of hydrogen-bond donors (Lipinski definition) is 2. The lowest BCUT2D eigenvalue weighted by molar-refractivity contribution is 0.102. The zero-order chi connectivity index (χ0) is 25.3. The van der Waals surface area contributed by atoms with Crippen LogP contribution in [0.15, 0.2) is 72.9 Å². The van der Waals surface area contributed by atoms with Gasteiger partial charge in [0.25, 0.3) is 11.9 Å². The Balaban J connectivity index is 1.10. The average Bonchev–Trinajstić information content (AvgIpc) is 3.35. The number of aromatic nitrogens is 5. The molecular weight excluding hydrogens is 468 g/mol. The van der Waals surface area contributed by atoms with E-state index in [0.717, 1.165) is 56.9 Å². The van der Waals surface area contributed by atoms with E-state index in [1.807, 2.05) is 24.4 Å². The van der Waals surface area contributed by atoms with Crippen molar-refractivity contribution in [2.45, 2.75) is 13.0 Å². The SMILES string of the molecule is O=C(Nc1nn[nH]n1)c1cccc(OCCN2CCCN(Cc3cccnc3-c3ccccc3)CC2)c1. The lowest BCUT2D eigenvalue weighted by Gasteiger charge is -2.22. The molecule has 1 fully saturated rings. The van der Waals surface area contributed by atoms with Crippen LogP contribution in [-0.4, -0.2) is 80.6 Å². The van der Waals surface area contributed by atoms with E-state index in [4.69, 9.17) is 4.74 Å². The van der Waals surface area contributed by atoms with Crippen LogP contribution in [0.3, 0.4) is 0 Å². The number of rotatable bonds is 9. The van der Waals surface area contributed by atoms with Crippen LogP contribution in [0.1, 0.15) is 22.3 Å². The number of pyridine rings is 1. The summed E-state index contributed by atoms with van der Waals surface area (Å²) in [5.74, 6) is 0.470. The number of carbonyl (C=O) groups excluding carboxylic acids is 1. The van der Waals surface area contributed by atoms with Crippen molar-refractivity contribution in [1.82, 2.24) is 35.4 Å². The number of nitrogens with one attached hydrogen (secondary N) is 2. The van der Waals surface area contributed by atoms with Gasteiger partial charge in [-0.25, -0.2) is 0 Å². The predicted molar refractivity (Wildman–Crippen MR) is 140 cm³/mol. The Labute approximate surface area is 215 Å². The Kier molecular flexibility index (Phi) is 8.09. The first-order chi connectivity index (χ1) is 18.2. The molecule has 0 atom stereocenters. The van der Waals surface area contributed by atoms with E-state index in [-0.39, 0.29) is 11.9 Å². The van der Waals surface area contributed by atoms with Crippen LogP contribution in [0.4, 0.5) is 5.95 Å². The normalized spacial score (nSPS) is 14.7. The Morgan fingerprint density at radius 1 is 0.973 bits per heavy atom. The number of hydrogen-bond acceptors (Lipinski definition) is 8. The molecule has 1 amide bonds. The molecule has 0 radical (unpaired) electrons. The third-order valence-corrected chi connectivity index (χ3v) is 6.36. The van der Waals surface area contributed by atoms with Gasteiger partial charge in [0.15, 0.2) is 0 Å². The highest BCUT2D eigenvalue weighted by Crippen LogP contribution is 2.22. The summed E-state index contributed by atoms with van der Waals surface area (Å²) in [5, 5.41) is 15.8. The second kappa shape index (κ2) is 12.2. The minimum Gasteiger partial charge on any atom is -0.492 e. The van der Waals surface area contributed by atoms with Gasteiger partial charge in [0.05, 0.1) is 5.69 Å². The van der Waals surface area contributed by atoms with E-state index < -0.39 is 0 Å². The highest BCUT2D eigenvalue weighted by atomic mass is 16.5. The number of nitrogens with zero attached hydrogens (tertiary/aromatic N) is 6. The lowest BCUT2D eigenvalue weighted by atomic mass is 10.1. The molecule has 3 heterocycles. The number of amides is 1. The highest BCUT2D eigenvalue weighted by molar-refractivity contribution is 6.03. The largest absolute Gasteiger partial charge is 0.492 e. The van der Waals surface area contributed by atoms with Crippen molar-refractivity contribution in [2.24, 2.45) is 0 Å². The van der Waals surface area contributed by atoms with Gasteiger partial charge in [0.2, 0.25) is 0 Å². The summed E-state index contributed by atoms with van der Waals surface area (Å²) >= 11 is 0. The summed E-state index contributed by atoms with van der Waals surface area (Å²) in [6.45, 7) is 6.34. The fourth-order valence-electron chi connectivity index (χ4n) is 4.48. The maximum absolute atomic E-state index is 12.4. The molecular formula is C27H30N8O2. The van der Waals surface area contributed by atoms with Gasteiger partial charge in [-0.05, 0) is 54.6 Å². The minimum atomic E-state index is -0.316. The molecule has 0 unspecified atom stereocenters. The monoisotopic (exact) mass is 498 g/mol. The smallest absolute Gasteiger partial charge is 0.270 e. The van der Waals surface area contributed by atoms with Crippen LogP contribution in [0.2, 0.25) is 0 Å². The van der Waals surface area contributed by atoms with Gasteiger partial charge in [-0.15, -0.1) is 5.10 Å². The minimum absolute atomic E-state index is 0.131. The van der Waals surface area contributed by atoms with Crippen LogP contribution in [0, 0.1) is 0 Å². The summed E-state index contributed by atoms with van der Waals surface area (Å²) < 4.78 is 5.97. The van der Waals surface area contributed by atoms with Crippen LogP contribution >= 0.6 is 0 Å². The molecule has 37 heavy (non-hydrogen) atoms. The summed E-state index contributed by atoms with van der Waals surface area (Å²) in [7, 11) is 0. The van der Waals surface area contributed by atoms with Gasteiger partial charge in [0, 0.05) is 43.5 Å². The molecule has 2 aromatic carbocycles. The van der Waals surface area contributed by atoms with Crippen molar-refractivity contribution in [2.75, 3.05) is 44.6 Å². The number of anilines is 1. The number of aromatic amines is 1. The maximum atomic E-state index is 12.4. The molecule has 2 N–H and O–H groups in total. The van der Waals surface area contributed by atoms with Gasteiger partial charge in [-0.3, -0.25) is 24.9 Å². The molecule has 1 aliphatic rings. The summed E-state index contributed by atoms with van der Waals surface area (Å²) in [5.41, 5.74) is 3.94. The third kappa shape index (κ3) is 6.75. The van der Waals surface area contributed by atoms with Crippen molar-refractivity contribution in [1.29, 1.82) is 0 Å².